The van der Waals surface area contributed by atoms with Gasteiger partial charge in [0, 0.05) is 32.6 Å². The van der Waals surface area contributed by atoms with Gasteiger partial charge in [-0.25, -0.2) is 13.4 Å². The number of aryl methyl sites for hydroxylation is 1. The molecular weight excluding hydrogens is 418 g/mol. The molecule has 0 aliphatic carbocycles. The molecule has 0 spiro atoms. The predicted molar refractivity (Wildman–Crippen MR) is 117 cm³/mol. The molecule has 0 radical (unpaired) electrons. The SMILES string of the molecule is Cc1nc(Cc2ccccc2)sc1C(=O)N1CCN(S(=O)(=O)c2ccccc2)CC1. The molecule has 0 atom stereocenters. The van der Waals surface area contributed by atoms with Crippen LogP contribution in [0.2, 0.25) is 0 Å². The summed E-state index contributed by atoms with van der Waals surface area (Å²) >= 11 is 1.43. The van der Waals surface area contributed by atoms with Gasteiger partial charge in [0.25, 0.3) is 5.91 Å². The number of amides is 1. The first kappa shape index (κ1) is 20.7. The number of sulfonamides is 1. The molecule has 1 aliphatic rings. The fourth-order valence-corrected chi connectivity index (χ4v) is 6.02. The Morgan fingerprint density at radius 1 is 0.967 bits per heavy atom. The Balaban J connectivity index is 1.42. The number of hydrogen-bond acceptors (Lipinski definition) is 5. The lowest BCUT2D eigenvalue weighted by Crippen LogP contribution is -2.50. The number of piperazine rings is 1. The minimum atomic E-state index is -3.53. The lowest BCUT2D eigenvalue weighted by molar-refractivity contribution is 0.0702. The number of rotatable bonds is 5. The van der Waals surface area contributed by atoms with E-state index in [1.807, 2.05) is 37.3 Å². The molecular formula is C22H23N3O3S2. The van der Waals surface area contributed by atoms with Crippen molar-refractivity contribution in [2.24, 2.45) is 0 Å². The Hall–Kier alpha value is -2.55. The Morgan fingerprint density at radius 2 is 1.57 bits per heavy atom. The number of nitrogens with zero attached hydrogens (tertiary/aromatic N) is 3. The van der Waals surface area contributed by atoms with Crippen molar-refractivity contribution in [3.63, 3.8) is 0 Å². The highest BCUT2D eigenvalue weighted by Crippen LogP contribution is 2.24. The Labute approximate surface area is 180 Å². The first-order valence-corrected chi connectivity index (χ1v) is 12.1. The van der Waals surface area contributed by atoms with E-state index in [9.17, 15) is 13.2 Å². The molecule has 0 saturated carbocycles. The third-order valence-electron chi connectivity index (χ3n) is 5.14. The molecule has 0 unspecified atom stereocenters. The van der Waals surface area contributed by atoms with Crippen molar-refractivity contribution in [1.29, 1.82) is 0 Å². The molecule has 1 fully saturated rings. The molecule has 3 aromatic rings. The number of aromatic nitrogens is 1. The van der Waals surface area contributed by atoms with E-state index in [4.69, 9.17) is 0 Å². The van der Waals surface area contributed by atoms with E-state index in [1.165, 1.54) is 15.6 Å². The number of thiazole rings is 1. The summed E-state index contributed by atoms with van der Waals surface area (Å²) in [6.07, 6.45) is 0.697. The molecule has 2 aromatic carbocycles. The lowest BCUT2D eigenvalue weighted by atomic mass is 10.2. The van der Waals surface area contributed by atoms with Crippen molar-refractivity contribution in [2.45, 2.75) is 18.2 Å². The lowest BCUT2D eigenvalue weighted by Gasteiger charge is -2.33. The highest BCUT2D eigenvalue weighted by Gasteiger charge is 2.31. The summed E-state index contributed by atoms with van der Waals surface area (Å²) < 4.78 is 27.0. The first-order valence-electron chi connectivity index (χ1n) is 9.80. The van der Waals surface area contributed by atoms with E-state index in [0.29, 0.717) is 24.4 Å². The summed E-state index contributed by atoms with van der Waals surface area (Å²) in [6, 6.07) is 18.5. The monoisotopic (exact) mass is 441 g/mol. The zero-order valence-corrected chi connectivity index (χ0v) is 18.3. The molecule has 1 amide bonds. The van der Waals surface area contributed by atoms with E-state index in [1.54, 1.807) is 35.2 Å². The van der Waals surface area contributed by atoms with Crippen LogP contribution in [-0.4, -0.2) is 54.7 Å². The Morgan fingerprint density at radius 3 is 2.20 bits per heavy atom. The number of carbonyl (C=O) groups excluding carboxylic acids is 1. The normalized spacial score (nSPS) is 15.3. The Kier molecular flexibility index (Phi) is 5.99. The first-order chi connectivity index (χ1) is 14.4. The molecule has 0 bridgehead atoms. The fourth-order valence-electron chi connectivity index (χ4n) is 3.51. The van der Waals surface area contributed by atoms with Gasteiger partial charge < -0.3 is 4.90 Å². The zero-order valence-electron chi connectivity index (χ0n) is 16.7. The van der Waals surface area contributed by atoms with Crippen molar-refractivity contribution in [2.75, 3.05) is 26.2 Å². The minimum absolute atomic E-state index is 0.0685. The van der Waals surface area contributed by atoms with Crippen LogP contribution >= 0.6 is 11.3 Å². The minimum Gasteiger partial charge on any atom is -0.335 e. The Bertz CT molecular complexity index is 1120. The maximum Gasteiger partial charge on any atom is 0.265 e. The molecule has 8 heteroatoms. The van der Waals surface area contributed by atoms with Crippen molar-refractivity contribution in [1.82, 2.24) is 14.2 Å². The van der Waals surface area contributed by atoms with Crippen LogP contribution in [0.15, 0.2) is 65.6 Å². The average molecular weight is 442 g/mol. The molecule has 1 aliphatic heterocycles. The van der Waals surface area contributed by atoms with Crippen LogP contribution in [0.25, 0.3) is 0 Å². The summed E-state index contributed by atoms with van der Waals surface area (Å²) in [6.45, 7) is 3.18. The summed E-state index contributed by atoms with van der Waals surface area (Å²) in [7, 11) is -3.53. The smallest absolute Gasteiger partial charge is 0.265 e. The van der Waals surface area contributed by atoms with E-state index in [-0.39, 0.29) is 23.9 Å². The van der Waals surface area contributed by atoms with Gasteiger partial charge in [-0.2, -0.15) is 4.31 Å². The van der Waals surface area contributed by atoms with Gasteiger partial charge in [0.05, 0.1) is 15.6 Å². The zero-order chi connectivity index (χ0) is 21.1. The van der Waals surface area contributed by atoms with Gasteiger partial charge in [0.1, 0.15) is 4.88 Å². The number of benzene rings is 2. The van der Waals surface area contributed by atoms with Gasteiger partial charge >= 0.3 is 0 Å². The number of carbonyl (C=O) groups is 1. The van der Waals surface area contributed by atoms with E-state index < -0.39 is 10.0 Å². The predicted octanol–water partition coefficient (Wildman–Crippen LogP) is 3.19. The third-order valence-corrected chi connectivity index (χ3v) is 8.20. The van der Waals surface area contributed by atoms with Crippen LogP contribution < -0.4 is 0 Å². The maximum absolute atomic E-state index is 13.0. The van der Waals surface area contributed by atoms with Crippen molar-refractivity contribution < 1.29 is 13.2 Å². The molecule has 6 nitrogen and oxygen atoms in total. The molecule has 0 N–H and O–H groups in total. The molecule has 156 valence electrons. The van der Waals surface area contributed by atoms with Crippen LogP contribution in [-0.2, 0) is 16.4 Å². The summed E-state index contributed by atoms with van der Waals surface area (Å²) in [5.74, 6) is -0.0685. The largest absolute Gasteiger partial charge is 0.335 e. The standard InChI is InChI=1S/C22H23N3O3S2/c1-17-21(29-20(23-17)16-18-8-4-2-5-9-18)22(26)24-12-14-25(15-13-24)30(27,28)19-10-6-3-7-11-19/h2-11H,12-16H2,1H3. The van der Waals surface area contributed by atoms with Gasteiger partial charge in [-0.05, 0) is 24.6 Å². The summed E-state index contributed by atoms with van der Waals surface area (Å²) in [4.78, 5) is 20.3. The summed E-state index contributed by atoms with van der Waals surface area (Å²) in [5, 5.41) is 0.910. The van der Waals surface area contributed by atoms with Gasteiger partial charge in [0.2, 0.25) is 10.0 Å². The fraction of sp³-hybridized carbons (Fsp3) is 0.273. The maximum atomic E-state index is 13.0. The third kappa shape index (κ3) is 4.30. The van der Waals surface area contributed by atoms with Crippen LogP contribution in [0.5, 0.6) is 0 Å². The van der Waals surface area contributed by atoms with Gasteiger partial charge in [-0.1, -0.05) is 48.5 Å². The average Bonchev–Trinajstić information content (AvgIpc) is 3.14. The molecule has 1 saturated heterocycles. The molecule has 2 heterocycles. The molecule has 30 heavy (non-hydrogen) atoms. The van der Waals surface area contributed by atoms with Crippen molar-refractivity contribution in [3.05, 3.63) is 81.8 Å². The van der Waals surface area contributed by atoms with Gasteiger partial charge in [-0.15, -0.1) is 11.3 Å². The van der Waals surface area contributed by atoms with E-state index in [2.05, 4.69) is 4.98 Å². The quantitative estimate of drug-likeness (QED) is 0.610. The topological polar surface area (TPSA) is 70.6 Å². The van der Waals surface area contributed by atoms with Crippen LogP contribution in [0, 0.1) is 6.92 Å². The second-order valence-corrected chi connectivity index (χ2v) is 10.2. The molecule has 1 aromatic heterocycles. The van der Waals surface area contributed by atoms with Crippen LogP contribution in [0.4, 0.5) is 0 Å². The second kappa shape index (κ2) is 8.67. The van der Waals surface area contributed by atoms with E-state index in [0.717, 1.165) is 16.3 Å². The van der Waals surface area contributed by atoms with Crippen LogP contribution in [0.1, 0.15) is 25.9 Å². The van der Waals surface area contributed by atoms with Gasteiger partial charge in [-0.3, -0.25) is 4.79 Å². The second-order valence-electron chi connectivity index (χ2n) is 7.19. The van der Waals surface area contributed by atoms with Gasteiger partial charge in [0.15, 0.2) is 0 Å². The highest BCUT2D eigenvalue weighted by molar-refractivity contribution is 7.89. The summed E-state index contributed by atoms with van der Waals surface area (Å²) in [5.41, 5.74) is 1.89. The number of hydrogen-bond donors (Lipinski definition) is 0. The van der Waals surface area contributed by atoms with Crippen LogP contribution in [0.3, 0.4) is 0 Å². The van der Waals surface area contributed by atoms with Crippen molar-refractivity contribution in [3.8, 4) is 0 Å². The molecule has 4 rings (SSSR count). The van der Waals surface area contributed by atoms with E-state index >= 15 is 0 Å². The van der Waals surface area contributed by atoms with Crippen molar-refractivity contribution >= 4 is 27.3 Å². The highest BCUT2D eigenvalue weighted by atomic mass is 32.2.